The predicted molar refractivity (Wildman–Crippen MR) is 69.0 cm³/mol. The number of thiazole rings is 1. The first-order chi connectivity index (χ1) is 8.34. The van der Waals surface area contributed by atoms with Crippen LogP contribution in [0.5, 0.6) is 0 Å². The van der Waals surface area contributed by atoms with Crippen LogP contribution in [0.1, 0.15) is 34.3 Å². The molecule has 0 bridgehead atoms. The minimum absolute atomic E-state index is 0.410. The van der Waals surface area contributed by atoms with Gasteiger partial charge >= 0.3 is 0 Å². The zero-order valence-corrected chi connectivity index (χ0v) is 10.6. The Balaban J connectivity index is 1.70. The average Bonchev–Trinajstić information content (AvgIpc) is 2.93. The van der Waals surface area contributed by atoms with Gasteiger partial charge in [-0.2, -0.15) is 0 Å². The van der Waals surface area contributed by atoms with Gasteiger partial charge in [-0.1, -0.05) is 6.07 Å². The Bertz CT molecular complexity index is 521. The lowest BCUT2D eigenvalue weighted by molar-refractivity contribution is 0.523. The Kier molecular flexibility index (Phi) is 2.91. The molecular weight excluding hydrogens is 230 g/mol. The highest BCUT2D eigenvalue weighted by Crippen LogP contribution is 2.29. The highest BCUT2D eigenvalue weighted by Gasteiger charge is 2.22. The quantitative estimate of drug-likeness (QED) is 0.903. The summed E-state index contributed by atoms with van der Waals surface area (Å²) in [6, 6.07) is 4.61. The first-order valence-corrected chi connectivity index (χ1v) is 6.78. The van der Waals surface area contributed by atoms with Crippen molar-refractivity contribution in [2.45, 2.75) is 32.4 Å². The monoisotopic (exact) mass is 245 g/mol. The van der Waals surface area contributed by atoms with Crippen LogP contribution >= 0.6 is 11.3 Å². The van der Waals surface area contributed by atoms with E-state index >= 15 is 0 Å². The van der Waals surface area contributed by atoms with Gasteiger partial charge in [0.15, 0.2) is 0 Å². The standard InChI is InChI=1S/C13H15N3S/c1-9-12(17-8-16-9)7-15-11-5-4-10-3-2-6-14-13(10)11/h2-3,6,8,11,15H,4-5,7H2,1H3. The number of fused-ring (bicyclic) bond motifs is 1. The molecule has 1 N–H and O–H groups in total. The van der Waals surface area contributed by atoms with E-state index in [0.29, 0.717) is 6.04 Å². The third kappa shape index (κ3) is 2.10. The average molecular weight is 245 g/mol. The lowest BCUT2D eigenvalue weighted by Gasteiger charge is -2.12. The fourth-order valence-electron chi connectivity index (χ4n) is 2.32. The van der Waals surface area contributed by atoms with Crippen LogP contribution in [0.4, 0.5) is 0 Å². The number of hydrogen-bond donors (Lipinski definition) is 1. The maximum Gasteiger partial charge on any atom is 0.0798 e. The van der Waals surface area contributed by atoms with Gasteiger partial charge in [0.1, 0.15) is 0 Å². The van der Waals surface area contributed by atoms with Crippen LogP contribution in [-0.2, 0) is 13.0 Å². The molecular formula is C13H15N3S. The number of aryl methyl sites for hydroxylation is 2. The summed E-state index contributed by atoms with van der Waals surface area (Å²) in [4.78, 5) is 10.1. The summed E-state index contributed by atoms with van der Waals surface area (Å²) < 4.78 is 0. The summed E-state index contributed by atoms with van der Waals surface area (Å²) in [7, 11) is 0. The molecule has 0 saturated carbocycles. The first kappa shape index (κ1) is 10.9. The zero-order chi connectivity index (χ0) is 11.7. The molecule has 3 rings (SSSR count). The molecule has 0 fully saturated rings. The van der Waals surface area contributed by atoms with E-state index in [1.54, 1.807) is 11.3 Å². The third-order valence-corrected chi connectivity index (χ3v) is 4.25. The van der Waals surface area contributed by atoms with Crippen molar-refractivity contribution in [2.24, 2.45) is 0 Å². The fraction of sp³-hybridized carbons (Fsp3) is 0.385. The maximum atomic E-state index is 4.49. The van der Waals surface area contributed by atoms with Crippen molar-refractivity contribution in [1.82, 2.24) is 15.3 Å². The molecule has 1 aliphatic rings. The molecule has 88 valence electrons. The molecule has 2 heterocycles. The second-order valence-corrected chi connectivity index (χ2v) is 5.32. The van der Waals surface area contributed by atoms with Crippen molar-refractivity contribution in [2.75, 3.05) is 0 Å². The number of nitrogens with one attached hydrogen (secondary N) is 1. The van der Waals surface area contributed by atoms with E-state index in [2.05, 4.69) is 28.3 Å². The Morgan fingerprint density at radius 3 is 3.24 bits per heavy atom. The van der Waals surface area contributed by atoms with E-state index in [9.17, 15) is 0 Å². The number of rotatable bonds is 3. The molecule has 1 atom stereocenters. The molecule has 2 aromatic rings. The van der Waals surface area contributed by atoms with Gasteiger partial charge in [0.25, 0.3) is 0 Å². The molecule has 2 aromatic heterocycles. The van der Waals surface area contributed by atoms with Crippen LogP contribution in [-0.4, -0.2) is 9.97 Å². The van der Waals surface area contributed by atoms with Gasteiger partial charge in [-0.3, -0.25) is 4.98 Å². The molecule has 0 radical (unpaired) electrons. The molecule has 4 heteroatoms. The van der Waals surface area contributed by atoms with E-state index in [1.807, 2.05) is 17.8 Å². The van der Waals surface area contributed by atoms with E-state index in [-0.39, 0.29) is 0 Å². The molecule has 1 unspecified atom stereocenters. The van der Waals surface area contributed by atoms with Crippen molar-refractivity contribution in [3.63, 3.8) is 0 Å². The number of hydrogen-bond acceptors (Lipinski definition) is 4. The summed E-state index contributed by atoms with van der Waals surface area (Å²) in [5, 5.41) is 3.59. The minimum Gasteiger partial charge on any atom is -0.304 e. The van der Waals surface area contributed by atoms with Gasteiger partial charge in [-0.15, -0.1) is 11.3 Å². The second-order valence-electron chi connectivity index (χ2n) is 4.38. The van der Waals surface area contributed by atoms with Crippen LogP contribution in [0.2, 0.25) is 0 Å². The Morgan fingerprint density at radius 2 is 2.41 bits per heavy atom. The summed E-state index contributed by atoms with van der Waals surface area (Å²) in [5.41, 5.74) is 5.68. The predicted octanol–water partition coefficient (Wildman–Crippen LogP) is 2.62. The largest absolute Gasteiger partial charge is 0.304 e. The van der Waals surface area contributed by atoms with Crippen LogP contribution in [0.3, 0.4) is 0 Å². The molecule has 0 amide bonds. The number of aromatic nitrogens is 2. The molecule has 0 aromatic carbocycles. The van der Waals surface area contributed by atoms with Crippen molar-refractivity contribution in [1.29, 1.82) is 0 Å². The van der Waals surface area contributed by atoms with Crippen molar-refractivity contribution >= 4 is 11.3 Å². The fourth-order valence-corrected chi connectivity index (χ4v) is 3.05. The topological polar surface area (TPSA) is 37.8 Å². The molecule has 3 nitrogen and oxygen atoms in total. The minimum atomic E-state index is 0.410. The smallest absolute Gasteiger partial charge is 0.0798 e. The summed E-state index contributed by atoms with van der Waals surface area (Å²) >= 11 is 1.72. The Morgan fingerprint density at radius 1 is 1.47 bits per heavy atom. The van der Waals surface area contributed by atoms with Gasteiger partial charge in [0.2, 0.25) is 0 Å². The van der Waals surface area contributed by atoms with E-state index in [0.717, 1.165) is 25.1 Å². The van der Waals surface area contributed by atoms with Crippen LogP contribution in [0.15, 0.2) is 23.8 Å². The molecule has 0 spiro atoms. The molecule has 17 heavy (non-hydrogen) atoms. The van der Waals surface area contributed by atoms with Crippen LogP contribution < -0.4 is 5.32 Å². The Hall–Kier alpha value is -1.26. The van der Waals surface area contributed by atoms with Crippen molar-refractivity contribution in [3.05, 3.63) is 45.7 Å². The lowest BCUT2D eigenvalue weighted by atomic mass is 10.2. The lowest BCUT2D eigenvalue weighted by Crippen LogP contribution is -2.19. The zero-order valence-electron chi connectivity index (χ0n) is 9.81. The second kappa shape index (κ2) is 4.55. The van der Waals surface area contributed by atoms with E-state index < -0.39 is 0 Å². The Labute approximate surface area is 105 Å². The first-order valence-electron chi connectivity index (χ1n) is 5.91. The van der Waals surface area contributed by atoms with Crippen LogP contribution in [0.25, 0.3) is 0 Å². The van der Waals surface area contributed by atoms with E-state index in [4.69, 9.17) is 0 Å². The van der Waals surface area contributed by atoms with E-state index in [1.165, 1.54) is 16.1 Å². The highest BCUT2D eigenvalue weighted by molar-refractivity contribution is 7.09. The van der Waals surface area contributed by atoms with Gasteiger partial charge < -0.3 is 5.32 Å². The normalized spacial score (nSPS) is 18.3. The summed E-state index contributed by atoms with van der Waals surface area (Å²) in [5.74, 6) is 0. The third-order valence-electron chi connectivity index (χ3n) is 3.31. The number of nitrogens with zero attached hydrogens (tertiary/aromatic N) is 2. The molecule has 1 aliphatic carbocycles. The number of pyridine rings is 1. The summed E-state index contributed by atoms with van der Waals surface area (Å²) in [6.45, 7) is 2.96. The van der Waals surface area contributed by atoms with Gasteiger partial charge in [-0.25, -0.2) is 4.98 Å². The van der Waals surface area contributed by atoms with Gasteiger partial charge in [0, 0.05) is 17.6 Å². The highest BCUT2D eigenvalue weighted by atomic mass is 32.1. The molecule has 0 saturated heterocycles. The molecule has 0 aliphatic heterocycles. The summed E-state index contributed by atoms with van der Waals surface area (Å²) in [6.07, 6.45) is 4.18. The van der Waals surface area contributed by atoms with Gasteiger partial charge in [0.05, 0.1) is 22.9 Å². The van der Waals surface area contributed by atoms with Crippen molar-refractivity contribution in [3.8, 4) is 0 Å². The van der Waals surface area contributed by atoms with Crippen LogP contribution in [0, 0.1) is 6.92 Å². The van der Waals surface area contributed by atoms with Crippen molar-refractivity contribution < 1.29 is 0 Å². The SMILES string of the molecule is Cc1ncsc1CNC1CCc2cccnc21. The maximum absolute atomic E-state index is 4.49. The van der Waals surface area contributed by atoms with Gasteiger partial charge in [-0.05, 0) is 31.4 Å².